The smallest absolute Gasteiger partial charge is 0.341 e. The van der Waals surface area contributed by atoms with E-state index >= 15 is 0 Å². The second kappa shape index (κ2) is 10.6. The lowest BCUT2D eigenvalue weighted by molar-refractivity contribution is -0.114. The van der Waals surface area contributed by atoms with Crippen molar-refractivity contribution in [2.75, 3.05) is 23.3 Å². The first-order chi connectivity index (χ1) is 16.7. The summed E-state index contributed by atoms with van der Waals surface area (Å²) in [5.74, 6) is -1.13. The normalized spacial score (nSPS) is 13.1. The molecule has 2 aromatic carbocycles. The van der Waals surface area contributed by atoms with Gasteiger partial charge in [0.2, 0.25) is 5.91 Å². The number of carbonyl (C=O) groups excluding carboxylic acids is 2. The highest BCUT2D eigenvalue weighted by Crippen LogP contribution is 2.38. The van der Waals surface area contributed by atoms with Gasteiger partial charge in [0.1, 0.15) is 11.5 Å². The van der Waals surface area contributed by atoms with E-state index in [4.69, 9.17) is 27.9 Å². The lowest BCUT2D eigenvalue weighted by Crippen LogP contribution is -2.38. The summed E-state index contributed by atoms with van der Waals surface area (Å²) in [6.45, 7) is -0.533. The van der Waals surface area contributed by atoms with Gasteiger partial charge in [-0.15, -0.1) is 11.3 Å². The van der Waals surface area contributed by atoms with Crippen LogP contribution >= 0.6 is 34.5 Å². The topological polar surface area (TPSA) is 92.8 Å². The fourth-order valence-electron chi connectivity index (χ4n) is 3.95. The van der Waals surface area contributed by atoms with E-state index in [1.807, 2.05) is 0 Å². The lowest BCUT2D eigenvalue weighted by atomic mass is 9.95. The van der Waals surface area contributed by atoms with Crippen molar-refractivity contribution in [2.45, 2.75) is 30.6 Å². The molecule has 1 heterocycles. The number of hydrogen-bond acceptors (Lipinski definition) is 6. The van der Waals surface area contributed by atoms with Gasteiger partial charge in [0, 0.05) is 14.9 Å². The van der Waals surface area contributed by atoms with Crippen LogP contribution in [0.3, 0.4) is 0 Å². The molecule has 35 heavy (non-hydrogen) atoms. The van der Waals surface area contributed by atoms with E-state index in [1.54, 1.807) is 18.2 Å². The van der Waals surface area contributed by atoms with Crippen LogP contribution in [0.2, 0.25) is 10.0 Å². The first kappa shape index (κ1) is 25.5. The number of methoxy groups -OCH3 is 1. The molecule has 3 aromatic rings. The van der Waals surface area contributed by atoms with Crippen LogP contribution in [0.1, 0.15) is 33.6 Å². The molecular formula is C24H22Cl2N2O5S2. The largest absolute Gasteiger partial charge is 0.465 e. The van der Waals surface area contributed by atoms with E-state index in [9.17, 15) is 18.0 Å². The number of amides is 1. The molecule has 0 bridgehead atoms. The Kier molecular flexibility index (Phi) is 7.70. The zero-order chi connectivity index (χ0) is 25.2. The SMILES string of the molecule is COC(=O)c1c(NC(=O)CN(c2cccc(Cl)c2)S(=O)(=O)c2ccc(Cl)cc2)sc2c1CCCC2. The average molecular weight is 553 g/mol. The van der Waals surface area contributed by atoms with Crippen molar-refractivity contribution in [2.24, 2.45) is 0 Å². The highest BCUT2D eigenvalue weighted by Gasteiger charge is 2.30. The molecule has 0 fully saturated rings. The zero-order valence-corrected chi connectivity index (χ0v) is 21.9. The molecule has 1 aliphatic rings. The molecule has 184 valence electrons. The zero-order valence-electron chi connectivity index (χ0n) is 18.7. The van der Waals surface area contributed by atoms with Gasteiger partial charge in [-0.1, -0.05) is 29.3 Å². The van der Waals surface area contributed by atoms with Gasteiger partial charge in [0.15, 0.2) is 0 Å². The molecule has 0 unspecified atom stereocenters. The number of hydrogen-bond donors (Lipinski definition) is 1. The van der Waals surface area contributed by atoms with E-state index in [-0.39, 0.29) is 10.6 Å². The number of anilines is 2. The molecule has 0 spiro atoms. The van der Waals surface area contributed by atoms with Crippen LogP contribution in [-0.2, 0) is 32.4 Å². The minimum absolute atomic E-state index is 0.0310. The summed E-state index contributed by atoms with van der Waals surface area (Å²) in [5.41, 5.74) is 1.46. The van der Waals surface area contributed by atoms with Crippen LogP contribution in [-0.4, -0.2) is 33.9 Å². The molecule has 1 amide bonds. The first-order valence-electron chi connectivity index (χ1n) is 10.8. The minimum Gasteiger partial charge on any atom is -0.465 e. The van der Waals surface area contributed by atoms with Gasteiger partial charge < -0.3 is 10.1 Å². The second-order valence-corrected chi connectivity index (χ2v) is 11.7. The Morgan fingerprint density at radius 1 is 1.06 bits per heavy atom. The van der Waals surface area contributed by atoms with E-state index in [1.165, 1.54) is 48.8 Å². The summed E-state index contributed by atoms with van der Waals surface area (Å²) in [6.07, 6.45) is 3.50. The number of halogens is 2. The standard InChI is InChI=1S/C24H22Cl2N2O5S2/c1-33-24(30)22-19-7-2-3-8-20(19)34-23(22)27-21(29)14-28(17-6-4-5-16(26)13-17)35(31,32)18-11-9-15(25)10-12-18/h4-6,9-13H,2-3,7-8,14H2,1H3,(H,27,29). The van der Waals surface area contributed by atoms with Crippen molar-refractivity contribution in [3.05, 3.63) is 74.6 Å². The average Bonchev–Trinajstić information content (AvgIpc) is 3.20. The van der Waals surface area contributed by atoms with Gasteiger partial charge in [0.25, 0.3) is 10.0 Å². The Hall–Kier alpha value is -2.59. The maximum absolute atomic E-state index is 13.5. The van der Waals surface area contributed by atoms with E-state index in [2.05, 4.69) is 5.32 Å². The summed E-state index contributed by atoms with van der Waals surface area (Å²) < 4.78 is 33.0. The number of esters is 1. The number of rotatable bonds is 7. The second-order valence-electron chi connectivity index (χ2n) is 7.90. The fraction of sp³-hybridized carbons (Fsp3) is 0.250. The first-order valence-corrected chi connectivity index (χ1v) is 13.8. The van der Waals surface area contributed by atoms with Gasteiger partial charge in [-0.25, -0.2) is 13.2 Å². The lowest BCUT2D eigenvalue weighted by Gasteiger charge is -2.24. The van der Waals surface area contributed by atoms with Gasteiger partial charge in [-0.3, -0.25) is 9.10 Å². The molecular weight excluding hydrogens is 531 g/mol. The predicted molar refractivity (Wildman–Crippen MR) is 138 cm³/mol. The highest BCUT2D eigenvalue weighted by atomic mass is 35.5. The summed E-state index contributed by atoms with van der Waals surface area (Å²) in [4.78, 5) is 26.7. The number of benzene rings is 2. The third kappa shape index (κ3) is 5.48. The number of fused-ring (bicyclic) bond motifs is 1. The fourth-order valence-corrected chi connectivity index (χ4v) is 6.97. The number of thiophene rings is 1. The molecule has 0 atom stereocenters. The highest BCUT2D eigenvalue weighted by molar-refractivity contribution is 7.92. The number of sulfonamides is 1. The molecule has 1 aromatic heterocycles. The van der Waals surface area contributed by atoms with Gasteiger partial charge in [-0.2, -0.15) is 0 Å². The number of nitrogens with zero attached hydrogens (tertiary/aromatic N) is 1. The molecule has 0 aliphatic heterocycles. The molecule has 11 heteroatoms. The van der Waals surface area contributed by atoms with Crippen molar-refractivity contribution < 1.29 is 22.7 Å². The summed E-state index contributed by atoms with van der Waals surface area (Å²) in [6, 6.07) is 11.9. The van der Waals surface area contributed by atoms with Crippen LogP contribution < -0.4 is 9.62 Å². The van der Waals surface area contributed by atoms with E-state index < -0.39 is 28.4 Å². The van der Waals surface area contributed by atoms with Crippen LogP contribution in [0.15, 0.2) is 53.4 Å². The summed E-state index contributed by atoms with van der Waals surface area (Å²) in [5, 5.41) is 3.81. The van der Waals surface area contributed by atoms with Crippen LogP contribution in [0.25, 0.3) is 0 Å². The Labute approximate surface area is 217 Å². The number of carbonyl (C=O) groups is 2. The quantitative estimate of drug-likeness (QED) is 0.387. The Morgan fingerprint density at radius 3 is 2.46 bits per heavy atom. The van der Waals surface area contributed by atoms with Crippen molar-refractivity contribution >= 4 is 67.1 Å². The molecule has 0 saturated carbocycles. The van der Waals surface area contributed by atoms with Gasteiger partial charge >= 0.3 is 5.97 Å². The van der Waals surface area contributed by atoms with Crippen molar-refractivity contribution in [1.29, 1.82) is 0 Å². The molecule has 4 rings (SSSR count). The maximum atomic E-state index is 13.5. The van der Waals surface area contributed by atoms with Crippen molar-refractivity contribution in [3.8, 4) is 0 Å². The minimum atomic E-state index is -4.14. The monoisotopic (exact) mass is 552 g/mol. The van der Waals surface area contributed by atoms with Crippen LogP contribution in [0, 0.1) is 0 Å². The van der Waals surface area contributed by atoms with Crippen molar-refractivity contribution in [3.63, 3.8) is 0 Å². The third-order valence-electron chi connectivity index (χ3n) is 5.60. The third-order valence-corrected chi connectivity index (χ3v) is 9.08. The molecule has 0 saturated heterocycles. The Morgan fingerprint density at radius 2 is 1.77 bits per heavy atom. The molecule has 0 radical (unpaired) electrons. The van der Waals surface area contributed by atoms with E-state index in [0.717, 1.165) is 40.4 Å². The summed E-state index contributed by atoms with van der Waals surface area (Å²) in [7, 11) is -2.85. The summed E-state index contributed by atoms with van der Waals surface area (Å²) >= 11 is 13.4. The molecule has 7 nitrogen and oxygen atoms in total. The van der Waals surface area contributed by atoms with Gasteiger partial charge in [0.05, 0.1) is 23.3 Å². The molecule has 1 aliphatic carbocycles. The Bertz CT molecular complexity index is 1370. The number of nitrogens with one attached hydrogen (secondary N) is 1. The van der Waals surface area contributed by atoms with Crippen LogP contribution in [0.5, 0.6) is 0 Å². The number of ether oxygens (including phenoxy) is 1. The Balaban J connectivity index is 1.68. The predicted octanol–water partition coefficient (Wildman–Crippen LogP) is 5.55. The van der Waals surface area contributed by atoms with Crippen molar-refractivity contribution in [1.82, 2.24) is 0 Å². The van der Waals surface area contributed by atoms with Crippen LogP contribution in [0.4, 0.5) is 10.7 Å². The van der Waals surface area contributed by atoms with Gasteiger partial charge in [-0.05, 0) is 73.7 Å². The number of aryl methyl sites for hydroxylation is 1. The van der Waals surface area contributed by atoms with E-state index in [0.29, 0.717) is 20.6 Å². The maximum Gasteiger partial charge on any atom is 0.341 e. The molecule has 1 N–H and O–H groups in total.